The summed E-state index contributed by atoms with van der Waals surface area (Å²) in [5.41, 5.74) is 1.63. The Morgan fingerprint density at radius 1 is 1.15 bits per heavy atom. The fraction of sp³-hybridized carbons (Fsp3) is 0.550. The van der Waals surface area contributed by atoms with Crippen LogP contribution >= 0.6 is 0 Å². The number of hydroxylamine groups is 1. The highest BCUT2D eigenvalue weighted by atomic mass is 32.2. The molecule has 6 nitrogen and oxygen atoms in total. The molecule has 1 amide bonds. The van der Waals surface area contributed by atoms with E-state index in [1.807, 2.05) is 6.07 Å². The smallest absolute Gasteiger partial charge is 0.243 e. The van der Waals surface area contributed by atoms with Gasteiger partial charge in [0.25, 0.3) is 0 Å². The fourth-order valence-corrected chi connectivity index (χ4v) is 5.96. The maximum atomic E-state index is 12.7. The van der Waals surface area contributed by atoms with E-state index in [-0.39, 0.29) is 11.9 Å². The molecule has 4 unspecified atom stereocenters. The Hall–Kier alpha value is -1.70. The summed E-state index contributed by atoms with van der Waals surface area (Å²) in [6.45, 7) is 0. The molecule has 2 aliphatic carbocycles. The number of carbonyl (C=O) groups is 1. The molecule has 148 valence electrons. The molecule has 1 aromatic rings. The number of benzene rings is 1. The van der Waals surface area contributed by atoms with Crippen molar-refractivity contribution in [3.05, 3.63) is 42.5 Å². The van der Waals surface area contributed by atoms with Crippen molar-refractivity contribution in [2.24, 2.45) is 17.8 Å². The van der Waals surface area contributed by atoms with Crippen LogP contribution in [-0.2, 0) is 14.8 Å². The van der Waals surface area contributed by atoms with Gasteiger partial charge in [0.05, 0.1) is 4.90 Å². The van der Waals surface area contributed by atoms with Gasteiger partial charge in [-0.3, -0.25) is 10.0 Å². The van der Waals surface area contributed by atoms with E-state index in [1.165, 1.54) is 6.42 Å². The highest BCUT2D eigenvalue weighted by Gasteiger charge is 2.48. The van der Waals surface area contributed by atoms with Crippen LogP contribution in [0.15, 0.2) is 47.4 Å². The zero-order chi connectivity index (χ0) is 19.3. The maximum absolute atomic E-state index is 12.7. The van der Waals surface area contributed by atoms with Crippen molar-refractivity contribution in [3.8, 4) is 0 Å². The fourth-order valence-electron chi connectivity index (χ4n) is 4.59. The lowest BCUT2D eigenvalue weighted by atomic mass is 9.83. The number of carbonyl (C=O) groups excluding carboxylic acids is 1. The van der Waals surface area contributed by atoms with E-state index in [2.05, 4.69) is 16.9 Å². The monoisotopic (exact) mass is 392 g/mol. The maximum Gasteiger partial charge on any atom is 0.243 e. The second-order valence-corrected chi connectivity index (χ2v) is 9.31. The van der Waals surface area contributed by atoms with Crippen molar-refractivity contribution in [1.82, 2.24) is 10.2 Å². The molecule has 2 saturated carbocycles. The quantitative estimate of drug-likeness (QED) is 0.261. The SMILES string of the molecule is O=C(CCC/C=C\CC1C2CCC(C2)C1NS(=O)(=O)c1ccccc1)NO. The summed E-state index contributed by atoms with van der Waals surface area (Å²) in [6.07, 6.45) is 10.2. The Labute approximate surface area is 161 Å². The third-order valence-electron chi connectivity index (χ3n) is 5.91. The Morgan fingerprint density at radius 2 is 1.89 bits per heavy atom. The molecule has 1 aromatic carbocycles. The second kappa shape index (κ2) is 8.99. The van der Waals surface area contributed by atoms with Crippen LogP contribution in [0.4, 0.5) is 0 Å². The molecule has 0 spiro atoms. The van der Waals surface area contributed by atoms with Gasteiger partial charge < -0.3 is 0 Å². The molecule has 27 heavy (non-hydrogen) atoms. The summed E-state index contributed by atoms with van der Waals surface area (Å²) in [5, 5.41) is 8.47. The van der Waals surface area contributed by atoms with Crippen LogP contribution < -0.4 is 10.2 Å². The van der Waals surface area contributed by atoms with Crippen LogP contribution in [0.25, 0.3) is 0 Å². The predicted molar refractivity (Wildman–Crippen MR) is 102 cm³/mol. The van der Waals surface area contributed by atoms with Crippen LogP contribution in [0, 0.1) is 17.8 Å². The molecule has 4 atom stereocenters. The number of hydrogen-bond acceptors (Lipinski definition) is 4. The number of sulfonamides is 1. The summed E-state index contributed by atoms with van der Waals surface area (Å²) >= 11 is 0. The molecule has 7 heteroatoms. The highest BCUT2D eigenvalue weighted by molar-refractivity contribution is 7.89. The lowest BCUT2D eigenvalue weighted by Crippen LogP contribution is -2.43. The zero-order valence-corrected chi connectivity index (χ0v) is 16.2. The standard InChI is InChI=1S/C20H28N2O4S/c23-19(21-24)11-7-2-1-6-10-18-15-12-13-16(14-15)20(18)22-27(25,26)17-8-4-3-5-9-17/h1,3-6,8-9,15-16,18,20,22,24H,2,7,10-14H2,(H,21,23)/b6-1-. The van der Waals surface area contributed by atoms with Crippen LogP contribution in [0.3, 0.4) is 0 Å². The number of allylic oxidation sites excluding steroid dienone is 2. The highest BCUT2D eigenvalue weighted by Crippen LogP contribution is 2.50. The normalized spacial score (nSPS) is 27.3. The Bertz CT molecular complexity index is 763. The van der Waals surface area contributed by atoms with Gasteiger partial charge in [-0.25, -0.2) is 18.6 Å². The predicted octanol–water partition coefficient (Wildman–Crippen LogP) is 3.00. The zero-order valence-electron chi connectivity index (χ0n) is 15.4. The van der Waals surface area contributed by atoms with Gasteiger partial charge in [-0.15, -0.1) is 0 Å². The molecule has 0 saturated heterocycles. The first-order chi connectivity index (χ1) is 13.0. The van der Waals surface area contributed by atoms with Crippen LogP contribution in [0.2, 0.25) is 0 Å². The minimum absolute atomic E-state index is 0.00114. The van der Waals surface area contributed by atoms with E-state index in [0.717, 1.165) is 25.7 Å². The number of fused-ring (bicyclic) bond motifs is 2. The van der Waals surface area contributed by atoms with Crippen molar-refractivity contribution in [2.45, 2.75) is 55.9 Å². The van der Waals surface area contributed by atoms with Gasteiger partial charge in [0.1, 0.15) is 0 Å². The first-order valence-electron chi connectivity index (χ1n) is 9.66. The molecule has 2 bridgehead atoms. The number of hydrogen-bond donors (Lipinski definition) is 3. The third-order valence-corrected chi connectivity index (χ3v) is 7.38. The van der Waals surface area contributed by atoms with E-state index in [0.29, 0.717) is 35.5 Å². The minimum atomic E-state index is -3.49. The van der Waals surface area contributed by atoms with Crippen molar-refractivity contribution in [2.75, 3.05) is 0 Å². The molecular formula is C20H28N2O4S. The summed E-state index contributed by atoms with van der Waals surface area (Å²) in [4.78, 5) is 11.3. The van der Waals surface area contributed by atoms with Crippen LogP contribution in [0.1, 0.15) is 44.9 Å². The Kier molecular flexibility index (Phi) is 6.68. The van der Waals surface area contributed by atoms with Gasteiger partial charge in [0.15, 0.2) is 0 Å². The van der Waals surface area contributed by atoms with Crippen molar-refractivity contribution in [1.29, 1.82) is 0 Å². The topological polar surface area (TPSA) is 95.5 Å². The molecule has 0 aromatic heterocycles. The minimum Gasteiger partial charge on any atom is -0.289 e. The first-order valence-corrected chi connectivity index (χ1v) is 11.1. The molecule has 0 aliphatic heterocycles. The largest absolute Gasteiger partial charge is 0.289 e. The van der Waals surface area contributed by atoms with E-state index in [1.54, 1.807) is 29.7 Å². The van der Waals surface area contributed by atoms with Gasteiger partial charge >= 0.3 is 0 Å². The first kappa shape index (κ1) is 20.0. The average molecular weight is 393 g/mol. The van der Waals surface area contributed by atoms with Crippen LogP contribution in [-0.4, -0.2) is 25.6 Å². The van der Waals surface area contributed by atoms with E-state index < -0.39 is 10.0 Å². The van der Waals surface area contributed by atoms with Gasteiger partial charge in [0, 0.05) is 12.5 Å². The molecule has 0 radical (unpaired) electrons. The van der Waals surface area contributed by atoms with Gasteiger partial charge in [-0.05, 0) is 68.4 Å². The van der Waals surface area contributed by atoms with Gasteiger partial charge in [0.2, 0.25) is 15.9 Å². The average Bonchev–Trinajstić information content (AvgIpc) is 3.27. The number of amides is 1. The number of rotatable bonds is 9. The lowest BCUT2D eigenvalue weighted by Gasteiger charge is -2.31. The van der Waals surface area contributed by atoms with Gasteiger partial charge in [-0.1, -0.05) is 30.4 Å². The molecule has 2 fully saturated rings. The number of nitrogens with one attached hydrogen (secondary N) is 2. The summed E-state index contributed by atoms with van der Waals surface area (Å²) in [6, 6.07) is 8.56. The summed E-state index contributed by atoms with van der Waals surface area (Å²) < 4.78 is 28.4. The summed E-state index contributed by atoms with van der Waals surface area (Å²) in [7, 11) is -3.49. The number of unbranched alkanes of at least 4 members (excludes halogenated alkanes) is 1. The van der Waals surface area contributed by atoms with Crippen molar-refractivity contribution >= 4 is 15.9 Å². The van der Waals surface area contributed by atoms with E-state index >= 15 is 0 Å². The van der Waals surface area contributed by atoms with E-state index in [9.17, 15) is 13.2 Å². The third kappa shape index (κ3) is 4.97. The molecule has 3 N–H and O–H groups in total. The Balaban J connectivity index is 1.57. The van der Waals surface area contributed by atoms with Crippen molar-refractivity contribution < 1.29 is 18.4 Å². The molecule has 3 rings (SSSR count). The van der Waals surface area contributed by atoms with Gasteiger partial charge in [-0.2, -0.15) is 0 Å². The Morgan fingerprint density at radius 3 is 2.63 bits per heavy atom. The molecular weight excluding hydrogens is 364 g/mol. The second-order valence-electron chi connectivity index (χ2n) is 7.59. The van der Waals surface area contributed by atoms with Crippen molar-refractivity contribution in [3.63, 3.8) is 0 Å². The lowest BCUT2D eigenvalue weighted by molar-refractivity contribution is -0.129. The molecule has 2 aliphatic rings. The molecule has 0 heterocycles. The van der Waals surface area contributed by atoms with Crippen LogP contribution in [0.5, 0.6) is 0 Å². The van der Waals surface area contributed by atoms with E-state index in [4.69, 9.17) is 5.21 Å². The summed E-state index contributed by atoms with van der Waals surface area (Å²) in [5.74, 6) is 0.981.